The van der Waals surface area contributed by atoms with Crippen molar-refractivity contribution in [2.24, 2.45) is 4.99 Å². The highest BCUT2D eigenvalue weighted by molar-refractivity contribution is 8.13. The topological polar surface area (TPSA) is 63.2 Å². The van der Waals surface area contributed by atoms with E-state index in [1.54, 1.807) is 12.3 Å². The number of nitriles is 2. The van der Waals surface area contributed by atoms with Gasteiger partial charge in [0.15, 0.2) is 5.17 Å². The highest BCUT2D eigenvalue weighted by atomic mass is 32.2. The van der Waals surface area contributed by atoms with Gasteiger partial charge in [-0.25, -0.2) is 0 Å². The largest absolute Gasteiger partial charge is 0.349 e. The molecule has 0 saturated heterocycles. The number of benzene rings is 1. The van der Waals surface area contributed by atoms with E-state index in [-0.39, 0.29) is 0 Å². The predicted octanol–water partition coefficient (Wildman–Crippen LogP) is 2.19. The van der Waals surface area contributed by atoms with Gasteiger partial charge in [-0.1, -0.05) is 23.9 Å². The van der Waals surface area contributed by atoms with E-state index in [0.29, 0.717) is 17.3 Å². The number of aliphatic imine (C=N–C) groups is 1. The molecule has 0 unspecified atom stereocenters. The zero-order valence-electron chi connectivity index (χ0n) is 9.71. The van der Waals surface area contributed by atoms with Crippen LogP contribution < -0.4 is 0 Å². The van der Waals surface area contributed by atoms with Crippen molar-refractivity contribution in [3.05, 3.63) is 35.4 Å². The smallest absolute Gasteiger partial charge is 0.208 e. The number of amidine groups is 1. The van der Waals surface area contributed by atoms with E-state index in [1.807, 2.05) is 36.4 Å². The van der Waals surface area contributed by atoms with Crippen LogP contribution in [0.25, 0.3) is 0 Å². The molecule has 0 saturated carbocycles. The zero-order valence-corrected chi connectivity index (χ0v) is 10.5. The minimum absolute atomic E-state index is 0.622. The molecule has 0 N–H and O–H groups in total. The first kappa shape index (κ1) is 13.1. The van der Waals surface area contributed by atoms with Gasteiger partial charge in [0.05, 0.1) is 11.6 Å². The average Bonchev–Trinajstić information content (AvgIpc) is 2.36. The summed E-state index contributed by atoms with van der Waals surface area (Å²) in [5, 5.41) is 18.0. The second-order valence-electron chi connectivity index (χ2n) is 3.37. The van der Waals surface area contributed by atoms with Gasteiger partial charge < -0.3 is 4.90 Å². The van der Waals surface area contributed by atoms with Gasteiger partial charge in [0.25, 0.3) is 0 Å². The van der Waals surface area contributed by atoms with Gasteiger partial charge in [-0.2, -0.15) is 10.5 Å². The van der Waals surface area contributed by atoms with Crippen LogP contribution in [0.3, 0.4) is 0 Å². The van der Waals surface area contributed by atoms with Crippen LogP contribution in [0.15, 0.2) is 29.3 Å². The lowest BCUT2D eigenvalue weighted by molar-refractivity contribution is 0.511. The number of rotatable bonds is 2. The van der Waals surface area contributed by atoms with E-state index >= 15 is 0 Å². The maximum absolute atomic E-state index is 8.80. The Morgan fingerprint density at radius 1 is 1.47 bits per heavy atom. The van der Waals surface area contributed by atoms with Crippen molar-refractivity contribution >= 4 is 16.9 Å². The fourth-order valence-electron chi connectivity index (χ4n) is 1.41. The summed E-state index contributed by atoms with van der Waals surface area (Å²) in [5.41, 5.74) is 1.66. The standard InChI is InChI=1S/C12H12N4S/c1-16(12(17-2)15-9-14)8-11-5-3-4-10(6-11)7-13/h3-6H,8H2,1-2H3. The molecule has 4 nitrogen and oxygen atoms in total. The van der Waals surface area contributed by atoms with Crippen LogP contribution >= 0.6 is 11.8 Å². The van der Waals surface area contributed by atoms with Crippen LogP contribution in [-0.4, -0.2) is 23.4 Å². The van der Waals surface area contributed by atoms with Crippen LogP contribution in [0.1, 0.15) is 11.1 Å². The minimum atomic E-state index is 0.622. The summed E-state index contributed by atoms with van der Waals surface area (Å²) in [6, 6.07) is 9.50. The molecule has 0 heterocycles. The summed E-state index contributed by atoms with van der Waals surface area (Å²) in [7, 11) is 1.87. The molecule has 1 rings (SSSR count). The highest BCUT2D eigenvalue weighted by Gasteiger charge is 2.06. The van der Waals surface area contributed by atoms with Crippen molar-refractivity contribution in [1.82, 2.24) is 4.90 Å². The first-order valence-electron chi connectivity index (χ1n) is 4.92. The van der Waals surface area contributed by atoms with Gasteiger partial charge in [-0.3, -0.25) is 0 Å². The molecule has 0 aliphatic rings. The molecule has 17 heavy (non-hydrogen) atoms. The molecule has 1 aromatic rings. The Balaban J connectivity index is 2.81. The molecule has 0 amide bonds. The summed E-state index contributed by atoms with van der Waals surface area (Å²) >= 11 is 1.42. The predicted molar refractivity (Wildman–Crippen MR) is 69.2 cm³/mol. The van der Waals surface area contributed by atoms with Gasteiger partial charge >= 0.3 is 0 Å². The van der Waals surface area contributed by atoms with Crippen molar-refractivity contribution in [2.75, 3.05) is 13.3 Å². The van der Waals surface area contributed by atoms with Crippen molar-refractivity contribution < 1.29 is 0 Å². The van der Waals surface area contributed by atoms with Crippen molar-refractivity contribution in [3.63, 3.8) is 0 Å². The molecule has 0 spiro atoms. The fraction of sp³-hybridized carbons (Fsp3) is 0.250. The minimum Gasteiger partial charge on any atom is -0.349 e. The molecule has 0 bridgehead atoms. The molecular weight excluding hydrogens is 232 g/mol. The first-order valence-corrected chi connectivity index (χ1v) is 6.14. The van der Waals surface area contributed by atoms with Gasteiger partial charge in [0.1, 0.15) is 0 Å². The second-order valence-corrected chi connectivity index (χ2v) is 4.14. The Morgan fingerprint density at radius 3 is 2.82 bits per heavy atom. The van der Waals surface area contributed by atoms with Crippen molar-refractivity contribution in [2.45, 2.75) is 6.54 Å². The van der Waals surface area contributed by atoms with Crippen LogP contribution in [0.2, 0.25) is 0 Å². The fourth-order valence-corrected chi connectivity index (χ4v) is 1.92. The van der Waals surface area contributed by atoms with Crippen LogP contribution in [-0.2, 0) is 6.54 Å². The Kier molecular flexibility index (Phi) is 5.06. The first-order chi connectivity index (χ1) is 8.21. The normalized spacial score (nSPS) is 10.5. The maximum atomic E-state index is 8.80. The summed E-state index contributed by atoms with van der Waals surface area (Å²) in [6.45, 7) is 0.622. The number of hydrogen-bond acceptors (Lipinski definition) is 4. The molecule has 0 atom stereocenters. The zero-order chi connectivity index (χ0) is 12.7. The number of nitrogens with zero attached hydrogens (tertiary/aromatic N) is 4. The molecule has 86 valence electrons. The molecular formula is C12H12N4S. The lowest BCUT2D eigenvalue weighted by Crippen LogP contribution is -2.23. The van der Waals surface area contributed by atoms with Gasteiger partial charge in [0, 0.05) is 13.6 Å². The molecule has 0 fully saturated rings. The van der Waals surface area contributed by atoms with Crippen LogP contribution in [0.5, 0.6) is 0 Å². The van der Waals surface area contributed by atoms with Gasteiger partial charge in [-0.15, -0.1) is 4.99 Å². The van der Waals surface area contributed by atoms with E-state index in [4.69, 9.17) is 10.5 Å². The van der Waals surface area contributed by atoms with E-state index in [0.717, 1.165) is 5.56 Å². The van der Waals surface area contributed by atoms with Crippen molar-refractivity contribution in [1.29, 1.82) is 10.5 Å². The molecule has 0 aliphatic carbocycles. The highest BCUT2D eigenvalue weighted by Crippen LogP contribution is 2.10. The third-order valence-electron chi connectivity index (χ3n) is 2.13. The molecule has 1 aromatic carbocycles. The van der Waals surface area contributed by atoms with E-state index in [2.05, 4.69) is 11.1 Å². The maximum Gasteiger partial charge on any atom is 0.208 e. The van der Waals surface area contributed by atoms with Gasteiger partial charge in [0.2, 0.25) is 6.19 Å². The molecule has 0 aromatic heterocycles. The summed E-state index contributed by atoms with van der Waals surface area (Å²) < 4.78 is 0. The Hall–Kier alpha value is -1.98. The van der Waals surface area contributed by atoms with E-state index < -0.39 is 0 Å². The average molecular weight is 244 g/mol. The Labute approximate surface area is 105 Å². The number of hydrogen-bond donors (Lipinski definition) is 0. The van der Waals surface area contributed by atoms with E-state index in [1.165, 1.54) is 11.8 Å². The lowest BCUT2D eigenvalue weighted by atomic mass is 10.1. The third-order valence-corrected chi connectivity index (χ3v) is 2.90. The van der Waals surface area contributed by atoms with Crippen molar-refractivity contribution in [3.8, 4) is 12.3 Å². The second kappa shape index (κ2) is 6.57. The Bertz CT molecular complexity index is 496. The van der Waals surface area contributed by atoms with E-state index in [9.17, 15) is 0 Å². The molecule has 5 heteroatoms. The van der Waals surface area contributed by atoms with Gasteiger partial charge in [-0.05, 0) is 24.0 Å². The summed E-state index contributed by atoms with van der Waals surface area (Å²) in [6.07, 6.45) is 3.65. The SMILES string of the molecule is CSC(=NC#N)N(C)Cc1cccc(C#N)c1. The molecule has 0 aliphatic heterocycles. The van der Waals surface area contributed by atoms with Crippen LogP contribution in [0, 0.1) is 22.8 Å². The monoisotopic (exact) mass is 244 g/mol. The lowest BCUT2D eigenvalue weighted by Gasteiger charge is -2.18. The quantitative estimate of drug-likeness (QED) is 0.454. The van der Waals surface area contributed by atoms with Crippen LogP contribution in [0.4, 0.5) is 0 Å². The number of thioether (sulfide) groups is 1. The third kappa shape index (κ3) is 3.82. The summed E-state index contributed by atoms with van der Waals surface area (Å²) in [4.78, 5) is 5.61. The Morgan fingerprint density at radius 2 is 2.24 bits per heavy atom. The summed E-state index contributed by atoms with van der Waals surface area (Å²) in [5.74, 6) is 0. The molecule has 0 radical (unpaired) electrons.